The SMILES string of the molecule is CC(C)Cc1ncc(CNCC(O)c2ccncc2)s1. The molecule has 1 atom stereocenters. The molecule has 0 bridgehead atoms. The fourth-order valence-corrected chi connectivity index (χ4v) is 3.01. The van der Waals surface area contributed by atoms with Crippen molar-refractivity contribution in [2.75, 3.05) is 6.54 Å². The van der Waals surface area contributed by atoms with Crippen molar-refractivity contribution < 1.29 is 5.11 Å². The molecule has 0 spiro atoms. The average molecular weight is 291 g/mol. The van der Waals surface area contributed by atoms with Crippen molar-refractivity contribution in [3.05, 3.63) is 46.2 Å². The highest BCUT2D eigenvalue weighted by molar-refractivity contribution is 7.11. The van der Waals surface area contributed by atoms with Crippen molar-refractivity contribution in [1.82, 2.24) is 15.3 Å². The third-order valence-corrected chi connectivity index (χ3v) is 3.93. The monoisotopic (exact) mass is 291 g/mol. The van der Waals surface area contributed by atoms with Crippen molar-refractivity contribution >= 4 is 11.3 Å². The van der Waals surface area contributed by atoms with Gasteiger partial charge in [0, 0.05) is 43.0 Å². The standard InChI is InChI=1S/C15H21N3OS/c1-11(2)7-15-18-9-13(20-15)8-17-10-14(19)12-3-5-16-6-4-12/h3-6,9,11,14,17,19H,7-8,10H2,1-2H3. The second kappa shape index (κ2) is 7.47. The first-order valence-electron chi connectivity index (χ1n) is 6.87. The van der Waals surface area contributed by atoms with E-state index in [1.54, 1.807) is 23.7 Å². The molecule has 2 rings (SSSR count). The van der Waals surface area contributed by atoms with Crippen molar-refractivity contribution in [3.63, 3.8) is 0 Å². The van der Waals surface area contributed by atoms with Gasteiger partial charge < -0.3 is 10.4 Å². The van der Waals surface area contributed by atoms with E-state index in [2.05, 4.69) is 29.1 Å². The Labute approximate surface area is 123 Å². The van der Waals surface area contributed by atoms with Crippen LogP contribution in [0.4, 0.5) is 0 Å². The van der Waals surface area contributed by atoms with Crippen molar-refractivity contribution in [2.24, 2.45) is 5.92 Å². The quantitative estimate of drug-likeness (QED) is 0.823. The van der Waals surface area contributed by atoms with Crippen LogP contribution in [0.15, 0.2) is 30.7 Å². The second-order valence-corrected chi connectivity index (χ2v) is 6.45. The largest absolute Gasteiger partial charge is 0.387 e. The minimum absolute atomic E-state index is 0.499. The van der Waals surface area contributed by atoms with Crippen molar-refractivity contribution in [3.8, 4) is 0 Å². The maximum Gasteiger partial charge on any atom is 0.0930 e. The summed E-state index contributed by atoms with van der Waals surface area (Å²) in [5.74, 6) is 0.635. The molecule has 108 valence electrons. The van der Waals surface area contributed by atoms with E-state index in [9.17, 15) is 5.11 Å². The highest BCUT2D eigenvalue weighted by Crippen LogP contribution is 2.17. The zero-order valence-corrected chi connectivity index (χ0v) is 12.7. The lowest BCUT2D eigenvalue weighted by Crippen LogP contribution is -2.20. The molecule has 0 aliphatic carbocycles. The fourth-order valence-electron chi connectivity index (χ4n) is 1.91. The molecule has 0 saturated carbocycles. The summed E-state index contributed by atoms with van der Waals surface area (Å²) in [7, 11) is 0. The van der Waals surface area contributed by atoms with Crippen LogP contribution in [0.3, 0.4) is 0 Å². The van der Waals surface area contributed by atoms with Crippen LogP contribution < -0.4 is 5.32 Å². The zero-order valence-electron chi connectivity index (χ0n) is 11.9. The average Bonchev–Trinajstić information content (AvgIpc) is 2.86. The Hall–Kier alpha value is -1.30. The molecule has 0 radical (unpaired) electrons. The molecule has 2 aromatic heterocycles. The number of nitrogens with zero attached hydrogens (tertiary/aromatic N) is 2. The Morgan fingerprint density at radius 2 is 2.05 bits per heavy atom. The lowest BCUT2D eigenvalue weighted by atomic mass is 10.1. The van der Waals surface area contributed by atoms with Gasteiger partial charge in [0.15, 0.2) is 0 Å². The topological polar surface area (TPSA) is 58.0 Å². The normalized spacial score (nSPS) is 12.8. The van der Waals surface area contributed by atoms with Crippen LogP contribution in [-0.4, -0.2) is 21.6 Å². The first-order chi connectivity index (χ1) is 9.65. The zero-order chi connectivity index (χ0) is 14.4. The van der Waals surface area contributed by atoms with Crippen LogP contribution in [0.2, 0.25) is 0 Å². The number of pyridine rings is 1. The second-order valence-electron chi connectivity index (χ2n) is 5.25. The van der Waals surface area contributed by atoms with Gasteiger partial charge in [-0.2, -0.15) is 0 Å². The summed E-state index contributed by atoms with van der Waals surface area (Å²) in [6.45, 7) is 5.67. The maximum atomic E-state index is 10.0. The van der Waals surface area contributed by atoms with Crippen LogP contribution in [0.1, 0.15) is 35.4 Å². The number of aliphatic hydroxyl groups excluding tert-OH is 1. The Balaban J connectivity index is 1.77. The van der Waals surface area contributed by atoms with Crippen LogP contribution in [-0.2, 0) is 13.0 Å². The number of rotatable bonds is 7. The summed E-state index contributed by atoms with van der Waals surface area (Å²) >= 11 is 1.74. The van der Waals surface area contributed by atoms with Gasteiger partial charge in [0.2, 0.25) is 0 Å². The van der Waals surface area contributed by atoms with Crippen molar-refractivity contribution in [2.45, 2.75) is 32.9 Å². The van der Waals surface area contributed by atoms with E-state index < -0.39 is 6.10 Å². The minimum Gasteiger partial charge on any atom is -0.387 e. The molecule has 1 unspecified atom stereocenters. The summed E-state index contributed by atoms with van der Waals surface area (Å²) in [6.07, 6.45) is 5.85. The molecule has 0 aliphatic rings. The Morgan fingerprint density at radius 3 is 2.75 bits per heavy atom. The molecule has 4 nitrogen and oxygen atoms in total. The van der Waals surface area contributed by atoms with E-state index in [4.69, 9.17) is 0 Å². The highest BCUT2D eigenvalue weighted by atomic mass is 32.1. The molecule has 0 fully saturated rings. The van der Waals surface area contributed by atoms with Gasteiger partial charge in [-0.05, 0) is 23.6 Å². The summed E-state index contributed by atoms with van der Waals surface area (Å²) in [5, 5.41) is 14.5. The molecule has 2 heterocycles. The fraction of sp³-hybridized carbons (Fsp3) is 0.467. The van der Waals surface area contributed by atoms with Gasteiger partial charge in [-0.25, -0.2) is 4.98 Å². The van der Waals surface area contributed by atoms with E-state index in [1.807, 2.05) is 18.3 Å². The predicted octanol–water partition coefficient (Wildman–Crippen LogP) is 2.56. The van der Waals surface area contributed by atoms with Gasteiger partial charge in [-0.3, -0.25) is 4.98 Å². The molecule has 2 N–H and O–H groups in total. The smallest absolute Gasteiger partial charge is 0.0930 e. The maximum absolute atomic E-state index is 10.0. The van der Waals surface area contributed by atoms with Gasteiger partial charge in [-0.1, -0.05) is 13.8 Å². The molecule has 0 aliphatic heterocycles. The number of aromatic nitrogens is 2. The van der Waals surface area contributed by atoms with Gasteiger partial charge in [0.05, 0.1) is 11.1 Å². The molecule has 2 aromatic rings. The van der Waals surface area contributed by atoms with Crippen LogP contribution in [0, 0.1) is 5.92 Å². The first-order valence-corrected chi connectivity index (χ1v) is 7.69. The summed E-state index contributed by atoms with van der Waals surface area (Å²) in [5.41, 5.74) is 0.886. The summed E-state index contributed by atoms with van der Waals surface area (Å²) in [6, 6.07) is 3.67. The van der Waals surface area contributed by atoms with Gasteiger partial charge >= 0.3 is 0 Å². The molecular weight excluding hydrogens is 270 g/mol. The molecule has 0 amide bonds. The Bertz CT molecular complexity index is 513. The number of aliphatic hydroxyl groups is 1. The highest BCUT2D eigenvalue weighted by Gasteiger charge is 2.08. The van der Waals surface area contributed by atoms with Gasteiger partial charge in [0.1, 0.15) is 0 Å². The van der Waals surface area contributed by atoms with E-state index in [1.165, 1.54) is 9.88 Å². The Kier molecular flexibility index (Phi) is 5.64. The van der Waals surface area contributed by atoms with E-state index in [-0.39, 0.29) is 0 Å². The van der Waals surface area contributed by atoms with Crippen molar-refractivity contribution in [1.29, 1.82) is 0 Å². The van der Waals surface area contributed by atoms with E-state index >= 15 is 0 Å². The Morgan fingerprint density at radius 1 is 1.30 bits per heavy atom. The minimum atomic E-state index is -0.499. The predicted molar refractivity (Wildman–Crippen MR) is 81.6 cm³/mol. The van der Waals surface area contributed by atoms with Crippen LogP contribution >= 0.6 is 11.3 Å². The molecule has 5 heteroatoms. The molecule has 0 aromatic carbocycles. The summed E-state index contributed by atoms with van der Waals surface area (Å²) in [4.78, 5) is 9.57. The van der Waals surface area contributed by atoms with Gasteiger partial charge in [-0.15, -0.1) is 11.3 Å². The molecule has 20 heavy (non-hydrogen) atoms. The number of hydrogen-bond acceptors (Lipinski definition) is 5. The number of thiazole rings is 1. The van der Waals surface area contributed by atoms with Crippen LogP contribution in [0.25, 0.3) is 0 Å². The summed E-state index contributed by atoms with van der Waals surface area (Å²) < 4.78 is 0. The lowest BCUT2D eigenvalue weighted by Gasteiger charge is -2.11. The van der Waals surface area contributed by atoms with Gasteiger partial charge in [0.25, 0.3) is 0 Å². The number of hydrogen-bond donors (Lipinski definition) is 2. The third-order valence-electron chi connectivity index (χ3n) is 2.91. The molecular formula is C15H21N3OS. The molecule has 0 saturated heterocycles. The van der Waals surface area contributed by atoms with Crippen LogP contribution in [0.5, 0.6) is 0 Å². The van der Waals surface area contributed by atoms with E-state index in [0.717, 1.165) is 18.5 Å². The van der Waals surface area contributed by atoms with E-state index in [0.29, 0.717) is 12.5 Å². The number of nitrogens with one attached hydrogen (secondary N) is 1. The first kappa shape index (κ1) is 15.1. The third kappa shape index (κ3) is 4.67. The lowest BCUT2D eigenvalue weighted by molar-refractivity contribution is 0.174.